The van der Waals surface area contributed by atoms with Crippen LogP contribution in [0, 0.1) is 0 Å². The topological polar surface area (TPSA) is 64.4 Å². The summed E-state index contributed by atoms with van der Waals surface area (Å²) >= 11 is 5.90. The van der Waals surface area contributed by atoms with E-state index < -0.39 is 0 Å². The molecule has 0 aliphatic heterocycles. The van der Waals surface area contributed by atoms with Crippen LogP contribution in [0.15, 0.2) is 89.5 Å². The molecule has 5 nitrogen and oxygen atoms in total. The maximum atomic E-state index is 12.2. The van der Waals surface area contributed by atoms with Crippen LogP contribution in [0.2, 0.25) is 5.02 Å². The molecule has 0 aliphatic rings. The lowest BCUT2D eigenvalue weighted by Crippen LogP contribution is -2.12. The number of nitrogens with zero attached hydrogens (tertiary/aromatic N) is 1. The van der Waals surface area contributed by atoms with Crippen molar-refractivity contribution in [3.05, 3.63) is 96.0 Å². The van der Waals surface area contributed by atoms with Crippen LogP contribution in [0.3, 0.4) is 0 Å². The van der Waals surface area contributed by atoms with E-state index in [4.69, 9.17) is 20.8 Å². The third-order valence-corrected chi connectivity index (χ3v) is 4.62. The van der Waals surface area contributed by atoms with Crippen molar-refractivity contribution in [2.24, 2.45) is 0 Å². The molecular weight excluding hydrogens is 400 g/mol. The van der Waals surface area contributed by atoms with Gasteiger partial charge in [-0.1, -0.05) is 29.8 Å². The molecule has 1 amide bonds. The molecule has 0 unspecified atom stereocenters. The molecular formula is C24H19ClN2O3. The quantitative estimate of drug-likeness (QED) is 0.379. The summed E-state index contributed by atoms with van der Waals surface area (Å²) in [6, 6.07) is 24.1. The van der Waals surface area contributed by atoms with Crippen LogP contribution in [-0.2, 0) is 11.2 Å². The molecule has 1 aromatic heterocycles. The van der Waals surface area contributed by atoms with Gasteiger partial charge < -0.3 is 14.5 Å². The van der Waals surface area contributed by atoms with Gasteiger partial charge in [-0.05, 0) is 60.7 Å². The molecule has 1 N–H and O–H groups in total. The molecule has 0 spiro atoms. The van der Waals surface area contributed by atoms with Gasteiger partial charge in [0.15, 0.2) is 11.7 Å². The Labute approximate surface area is 179 Å². The average Bonchev–Trinajstić information content (AvgIpc) is 3.24. The monoisotopic (exact) mass is 418 g/mol. The second-order valence-corrected chi connectivity index (χ2v) is 7.05. The van der Waals surface area contributed by atoms with E-state index in [2.05, 4.69) is 10.3 Å². The zero-order valence-corrected chi connectivity index (χ0v) is 16.8. The number of rotatable bonds is 7. The minimum absolute atomic E-state index is 0.113. The molecule has 0 aliphatic carbocycles. The fraction of sp³-hybridized carbons (Fsp3) is 0.0833. The number of nitrogens with one attached hydrogen (secondary N) is 1. The predicted molar refractivity (Wildman–Crippen MR) is 117 cm³/mol. The number of benzene rings is 3. The first-order valence-corrected chi connectivity index (χ1v) is 9.87. The Morgan fingerprint density at radius 2 is 1.63 bits per heavy atom. The molecule has 1 heterocycles. The van der Waals surface area contributed by atoms with Crippen LogP contribution in [0.25, 0.3) is 11.3 Å². The van der Waals surface area contributed by atoms with Crippen LogP contribution in [0.4, 0.5) is 5.69 Å². The number of carbonyl (C=O) groups is 1. The second kappa shape index (κ2) is 9.29. The van der Waals surface area contributed by atoms with E-state index in [1.807, 2.05) is 54.6 Å². The molecule has 0 bridgehead atoms. The van der Waals surface area contributed by atoms with Crippen LogP contribution in [-0.4, -0.2) is 10.9 Å². The number of aromatic nitrogens is 1. The van der Waals surface area contributed by atoms with Gasteiger partial charge in [-0.25, -0.2) is 4.98 Å². The molecule has 0 saturated carbocycles. The van der Waals surface area contributed by atoms with Gasteiger partial charge in [-0.2, -0.15) is 0 Å². The molecule has 4 aromatic rings. The smallest absolute Gasteiger partial charge is 0.224 e. The Hall–Kier alpha value is -3.57. The van der Waals surface area contributed by atoms with Gasteiger partial charge in [0.05, 0.1) is 6.20 Å². The fourth-order valence-electron chi connectivity index (χ4n) is 2.85. The molecule has 6 heteroatoms. The third-order valence-electron chi connectivity index (χ3n) is 4.37. The maximum Gasteiger partial charge on any atom is 0.224 e. The molecule has 4 rings (SSSR count). The van der Waals surface area contributed by atoms with E-state index in [-0.39, 0.29) is 12.3 Å². The summed E-state index contributed by atoms with van der Waals surface area (Å²) in [4.78, 5) is 16.5. The number of anilines is 1. The number of hydrogen-bond donors (Lipinski definition) is 1. The maximum absolute atomic E-state index is 12.2. The van der Waals surface area contributed by atoms with Crippen molar-refractivity contribution in [2.45, 2.75) is 12.8 Å². The van der Waals surface area contributed by atoms with Crippen molar-refractivity contribution in [1.29, 1.82) is 0 Å². The Kier molecular flexibility index (Phi) is 6.11. The van der Waals surface area contributed by atoms with Gasteiger partial charge in [0, 0.05) is 29.1 Å². The van der Waals surface area contributed by atoms with E-state index in [1.54, 1.807) is 30.5 Å². The summed E-state index contributed by atoms with van der Waals surface area (Å²) in [5, 5.41) is 3.53. The van der Waals surface area contributed by atoms with Crippen LogP contribution < -0.4 is 10.1 Å². The van der Waals surface area contributed by atoms with Gasteiger partial charge in [0.25, 0.3) is 0 Å². The fourth-order valence-corrected chi connectivity index (χ4v) is 2.97. The SMILES string of the molecule is O=C(CCc1ncc(-c2ccc(Cl)cc2)o1)Nc1ccc(Oc2ccccc2)cc1. The first kappa shape index (κ1) is 19.7. The van der Waals surface area contributed by atoms with Crippen LogP contribution in [0.1, 0.15) is 12.3 Å². The van der Waals surface area contributed by atoms with Gasteiger partial charge in [0.1, 0.15) is 11.5 Å². The number of para-hydroxylation sites is 1. The molecule has 0 radical (unpaired) electrons. The standard InChI is InChI=1S/C24H19ClN2O3/c25-18-8-6-17(7-9-18)22-16-26-24(30-22)15-14-23(28)27-19-10-12-21(13-11-19)29-20-4-2-1-3-5-20/h1-13,16H,14-15H2,(H,27,28). The summed E-state index contributed by atoms with van der Waals surface area (Å²) < 4.78 is 11.5. The highest BCUT2D eigenvalue weighted by Gasteiger charge is 2.10. The van der Waals surface area contributed by atoms with E-state index in [0.717, 1.165) is 11.3 Å². The van der Waals surface area contributed by atoms with Crippen LogP contribution >= 0.6 is 11.6 Å². The van der Waals surface area contributed by atoms with Crippen molar-refractivity contribution in [3.8, 4) is 22.8 Å². The summed E-state index contributed by atoms with van der Waals surface area (Å²) in [5.41, 5.74) is 1.59. The number of aryl methyl sites for hydroxylation is 1. The number of hydrogen-bond acceptors (Lipinski definition) is 4. The molecule has 30 heavy (non-hydrogen) atoms. The molecule has 3 aromatic carbocycles. The highest BCUT2D eigenvalue weighted by Crippen LogP contribution is 2.24. The summed E-state index contributed by atoms with van der Waals surface area (Å²) in [7, 11) is 0. The van der Waals surface area contributed by atoms with Gasteiger partial charge in [-0.3, -0.25) is 4.79 Å². The molecule has 0 saturated heterocycles. The van der Waals surface area contributed by atoms with Crippen molar-refractivity contribution in [1.82, 2.24) is 4.98 Å². The van der Waals surface area contributed by atoms with E-state index in [0.29, 0.717) is 34.5 Å². The van der Waals surface area contributed by atoms with Gasteiger partial charge >= 0.3 is 0 Å². The van der Waals surface area contributed by atoms with Crippen molar-refractivity contribution in [2.75, 3.05) is 5.32 Å². The van der Waals surface area contributed by atoms with Crippen molar-refractivity contribution in [3.63, 3.8) is 0 Å². The largest absolute Gasteiger partial charge is 0.457 e. The Bertz CT molecular complexity index is 1110. The summed E-state index contributed by atoms with van der Waals surface area (Å²) in [5.74, 6) is 2.52. The Morgan fingerprint density at radius 1 is 0.933 bits per heavy atom. The summed E-state index contributed by atoms with van der Waals surface area (Å²) in [6.07, 6.45) is 2.33. The van der Waals surface area contributed by atoms with E-state index in [1.165, 1.54) is 0 Å². The first-order valence-electron chi connectivity index (χ1n) is 9.49. The number of halogens is 1. The zero-order valence-electron chi connectivity index (χ0n) is 16.0. The lowest BCUT2D eigenvalue weighted by molar-refractivity contribution is -0.116. The van der Waals surface area contributed by atoms with Gasteiger partial charge in [-0.15, -0.1) is 0 Å². The molecule has 150 valence electrons. The third kappa shape index (κ3) is 5.27. The molecule has 0 fully saturated rings. The van der Waals surface area contributed by atoms with E-state index in [9.17, 15) is 4.79 Å². The summed E-state index contributed by atoms with van der Waals surface area (Å²) in [6.45, 7) is 0. The normalized spacial score (nSPS) is 10.6. The highest BCUT2D eigenvalue weighted by atomic mass is 35.5. The van der Waals surface area contributed by atoms with Crippen molar-refractivity contribution >= 4 is 23.2 Å². The highest BCUT2D eigenvalue weighted by molar-refractivity contribution is 6.30. The number of ether oxygens (including phenoxy) is 1. The molecule has 0 atom stereocenters. The van der Waals surface area contributed by atoms with Crippen molar-refractivity contribution < 1.29 is 13.9 Å². The minimum Gasteiger partial charge on any atom is -0.457 e. The van der Waals surface area contributed by atoms with E-state index >= 15 is 0 Å². The lowest BCUT2D eigenvalue weighted by atomic mass is 10.2. The second-order valence-electron chi connectivity index (χ2n) is 6.61. The number of oxazole rings is 1. The number of amides is 1. The zero-order chi connectivity index (χ0) is 20.8. The Balaban J connectivity index is 1.28. The first-order chi connectivity index (χ1) is 14.7. The van der Waals surface area contributed by atoms with Gasteiger partial charge in [0.2, 0.25) is 5.91 Å². The predicted octanol–water partition coefficient (Wildman–Crippen LogP) is 6.36. The Morgan fingerprint density at radius 3 is 2.37 bits per heavy atom. The lowest BCUT2D eigenvalue weighted by Gasteiger charge is -2.08. The average molecular weight is 419 g/mol. The number of carbonyl (C=O) groups excluding carboxylic acids is 1. The van der Waals surface area contributed by atoms with Crippen LogP contribution in [0.5, 0.6) is 11.5 Å². The minimum atomic E-state index is -0.113.